The Labute approximate surface area is 146 Å². The van der Waals surface area contributed by atoms with Gasteiger partial charge in [0.25, 0.3) is 0 Å². The van der Waals surface area contributed by atoms with Gasteiger partial charge in [-0.2, -0.15) is 0 Å². The van der Waals surface area contributed by atoms with Gasteiger partial charge in [-0.25, -0.2) is 0 Å². The first kappa shape index (κ1) is 20.2. The molecule has 0 fully saturated rings. The van der Waals surface area contributed by atoms with E-state index < -0.39 is 0 Å². The third kappa shape index (κ3) is 6.75. The average Bonchev–Trinajstić information content (AvgIpc) is 2.54. The lowest BCUT2D eigenvalue weighted by Crippen LogP contribution is -2.42. The van der Waals surface area contributed by atoms with Crippen molar-refractivity contribution in [3.05, 3.63) is 42.1 Å². The Hall–Kier alpha value is -1.81. The van der Waals surface area contributed by atoms with Gasteiger partial charge in [-0.15, -0.1) is 0 Å². The van der Waals surface area contributed by atoms with Gasteiger partial charge in [0.2, 0.25) is 5.91 Å². The second-order valence-electron chi connectivity index (χ2n) is 6.82. The van der Waals surface area contributed by atoms with E-state index in [1.165, 1.54) is 5.56 Å². The predicted octanol–water partition coefficient (Wildman–Crippen LogP) is 3.69. The molecule has 24 heavy (non-hydrogen) atoms. The van der Waals surface area contributed by atoms with Crippen molar-refractivity contribution in [1.82, 2.24) is 5.32 Å². The van der Waals surface area contributed by atoms with Crippen LogP contribution in [0.5, 0.6) is 0 Å². The van der Waals surface area contributed by atoms with Crippen LogP contribution in [0.25, 0.3) is 0 Å². The van der Waals surface area contributed by atoms with Gasteiger partial charge >= 0.3 is 0 Å². The zero-order chi connectivity index (χ0) is 18.1. The highest BCUT2D eigenvalue weighted by Crippen LogP contribution is 2.19. The van der Waals surface area contributed by atoms with Crippen LogP contribution >= 0.6 is 0 Å². The molecule has 0 aromatic heterocycles. The molecule has 0 bridgehead atoms. The maximum Gasteiger partial charge on any atom is 0.229 e. The summed E-state index contributed by atoms with van der Waals surface area (Å²) in [7, 11) is 0. The molecule has 0 saturated carbocycles. The van der Waals surface area contributed by atoms with Gasteiger partial charge in [-0.3, -0.25) is 4.79 Å². The van der Waals surface area contributed by atoms with Gasteiger partial charge < -0.3 is 16.4 Å². The van der Waals surface area contributed by atoms with Crippen LogP contribution in [-0.4, -0.2) is 18.5 Å². The molecule has 0 aliphatic heterocycles. The van der Waals surface area contributed by atoms with E-state index in [1.54, 1.807) is 0 Å². The fourth-order valence-corrected chi connectivity index (χ4v) is 2.65. The molecule has 1 aromatic rings. The SMILES string of the molecule is C=C(C)NCCC[C@@H](C(=O)Nc1ccc(CC)cc1)C(N)C(C)C. The average molecular weight is 332 g/mol. The standard InChI is InChI=1S/C20H33N3O/c1-6-16-9-11-17(12-10-16)23-20(24)18(19(21)14(2)3)8-7-13-22-15(4)5/h9-12,14,18-19,22H,4,6-8,13,21H2,1-3,5H3,(H,23,24)/t18-,19?/m1/s1. The van der Waals surface area contributed by atoms with E-state index in [1.807, 2.05) is 31.2 Å². The lowest BCUT2D eigenvalue weighted by atomic mass is 9.87. The highest BCUT2D eigenvalue weighted by atomic mass is 16.1. The van der Waals surface area contributed by atoms with E-state index in [-0.39, 0.29) is 23.8 Å². The van der Waals surface area contributed by atoms with E-state index in [2.05, 4.69) is 38.0 Å². The van der Waals surface area contributed by atoms with E-state index in [0.29, 0.717) is 0 Å². The highest BCUT2D eigenvalue weighted by molar-refractivity contribution is 5.93. The fourth-order valence-electron chi connectivity index (χ4n) is 2.65. The van der Waals surface area contributed by atoms with E-state index in [9.17, 15) is 4.79 Å². The van der Waals surface area contributed by atoms with Gasteiger partial charge in [0.05, 0.1) is 5.92 Å². The normalized spacial score (nSPS) is 13.4. The minimum absolute atomic E-state index is 0.00998. The van der Waals surface area contributed by atoms with Crippen LogP contribution in [0.2, 0.25) is 0 Å². The zero-order valence-corrected chi connectivity index (χ0v) is 15.6. The molecule has 1 rings (SSSR count). The van der Waals surface area contributed by atoms with Crippen LogP contribution in [0.15, 0.2) is 36.5 Å². The molecule has 0 radical (unpaired) electrons. The molecular formula is C20H33N3O. The van der Waals surface area contributed by atoms with Gasteiger partial charge in [-0.05, 0) is 49.8 Å². The molecule has 0 aliphatic rings. The van der Waals surface area contributed by atoms with Crippen molar-refractivity contribution in [1.29, 1.82) is 0 Å². The lowest BCUT2D eigenvalue weighted by molar-refractivity contribution is -0.121. The maximum atomic E-state index is 12.7. The van der Waals surface area contributed by atoms with Crippen molar-refractivity contribution in [3.63, 3.8) is 0 Å². The largest absolute Gasteiger partial charge is 0.389 e. The highest BCUT2D eigenvalue weighted by Gasteiger charge is 2.27. The van der Waals surface area contributed by atoms with Crippen LogP contribution in [0.1, 0.15) is 46.1 Å². The number of carbonyl (C=O) groups is 1. The van der Waals surface area contributed by atoms with Crippen molar-refractivity contribution in [2.24, 2.45) is 17.6 Å². The van der Waals surface area contributed by atoms with Crippen LogP contribution in [0, 0.1) is 11.8 Å². The summed E-state index contributed by atoms with van der Waals surface area (Å²) in [4.78, 5) is 12.7. The fraction of sp³-hybridized carbons (Fsp3) is 0.550. The molecule has 0 heterocycles. The third-order valence-electron chi connectivity index (χ3n) is 4.32. The number of amides is 1. The number of carbonyl (C=O) groups excluding carboxylic acids is 1. The van der Waals surface area contributed by atoms with Crippen molar-refractivity contribution in [3.8, 4) is 0 Å². The summed E-state index contributed by atoms with van der Waals surface area (Å²) in [5.41, 5.74) is 9.34. The number of benzene rings is 1. The van der Waals surface area contributed by atoms with Crippen LogP contribution in [0.4, 0.5) is 5.69 Å². The molecule has 1 aromatic carbocycles. The van der Waals surface area contributed by atoms with E-state index in [4.69, 9.17) is 5.73 Å². The molecule has 1 amide bonds. The van der Waals surface area contributed by atoms with E-state index >= 15 is 0 Å². The number of allylic oxidation sites excluding steroid dienone is 1. The van der Waals surface area contributed by atoms with Crippen molar-refractivity contribution >= 4 is 11.6 Å². The number of rotatable bonds is 10. The molecule has 4 nitrogen and oxygen atoms in total. The van der Waals surface area contributed by atoms with E-state index in [0.717, 1.165) is 37.2 Å². The number of hydrogen-bond donors (Lipinski definition) is 3. The Morgan fingerprint density at radius 3 is 2.38 bits per heavy atom. The van der Waals surface area contributed by atoms with Crippen molar-refractivity contribution < 1.29 is 4.79 Å². The number of nitrogens with one attached hydrogen (secondary N) is 2. The monoisotopic (exact) mass is 331 g/mol. The van der Waals surface area contributed by atoms with Crippen LogP contribution < -0.4 is 16.4 Å². The van der Waals surface area contributed by atoms with Gasteiger partial charge in [0.1, 0.15) is 0 Å². The summed E-state index contributed by atoms with van der Waals surface area (Å²) in [6, 6.07) is 7.85. The van der Waals surface area contributed by atoms with Crippen LogP contribution in [0.3, 0.4) is 0 Å². The maximum absolute atomic E-state index is 12.7. The summed E-state index contributed by atoms with van der Waals surface area (Å²) in [6.07, 6.45) is 2.64. The van der Waals surface area contributed by atoms with Crippen molar-refractivity contribution in [2.45, 2.75) is 53.0 Å². The molecule has 2 atom stereocenters. The third-order valence-corrected chi connectivity index (χ3v) is 4.32. The number of hydrogen-bond acceptors (Lipinski definition) is 3. The molecule has 4 N–H and O–H groups in total. The first-order valence-corrected chi connectivity index (χ1v) is 8.89. The van der Waals surface area contributed by atoms with Gasteiger partial charge in [0, 0.05) is 24.0 Å². The molecule has 0 saturated heterocycles. The lowest BCUT2D eigenvalue weighted by Gasteiger charge is -2.26. The smallest absolute Gasteiger partial charge is 0.229 e. The quantitative estimate of drug-likeness (QED) is 0.573. The Morgan fingerprint density at radius 1 is 1.25 bits per heavy atom. The minimum Gasteiger partial charge on any atom is -0.389 e. The zero-order valence-electron chi connectivity index (χ0n) is 15.6. The summed E-state index contributed by atoms with van der Waals surface area (Å²) in [5.74, 6) is 0.0795. The molecule has 134 valence electrons. The van der Waals surface area contributed by atoms with Crippen molar-refractivity contribution in [2.75, 3.05) is 11.9 Å². The predicted molar refractivity (Wildman–Crippen MR) is 103 cm³/mol. The first-order valence-electron chi connectivity index (χ1n) is 8.89. The number of aryl methyl sites for hydroxylation is 1. The Morgan fingerprint density at radius 2 is 1.88 bits per heavy atom. The van der Waals surface area contributed by atoms with Gasteiger partial charge in [-0.1, -0.05) is 39.5 Å². The summed E-state index contributed by atoms with van der Waals surface area (Å²) in [5, 5.41) is 6.23. The van der Waals surface area contributed by atoms with Crippen LogP contribution in [-0.2, 0) is 11.2 Å². The molecule has 0 aliphatic carbocycles. The first-order chi connectivity index (χ1) is 11.3. The Bertz CT molecular complexity index is 522. The second kappa shape index (κ2) is 10.1. The minimum atomic E-state index is -0.192. The van der Waals surface area contributed by atoms with Gasteiger partial charge in [0.15, 0.2) is 0 Å². The summed E-state index contributed by atoms with van der Waals surface area (Å²) >= 11 is 0. The molecular weight excluding hydrogens is 298 g/mol. The summed E-state index contributed by atoms with van der Waals surface area (Å²) in [6.45, 7) is 12.8. The Balaban J connectivity index is 2.69. The topological polar surface area (TPSA) is 67.2 Å². The number of nitrogens with two attached hydrogens (primary N) is 1. The molecule has 4 heteroatoms. The second-order valence-corrected chi connectivity index (χ2v) is 6.82. The number of anilines is 1. The molecule has 0 spiro atoms. The summed E-state index contributed by atoms with van der Waals surface area (Å²) < 4.78 is 0. The Kier molecular flexibility index (Phi) is 8.55. The molecule has 1 unspecified atom stereocenters.